The Hall–Kier alpha value is -2.55. The van der Waals surface area contributed by atoms with Crippen LogP contribution in [-0.2, 0) is 0 Å². The molecule has 0 atom stereocenters. The Labute approximate surface area is 142 Å². The van der Waals surface area contributed by atoms with Crippen molar-refractivity contribution in [3.05, 3.63) is 54.6 Å². The van der Waals surface area contributed by atoms with E-state index in [4.69, 9.17) is 9.72 Å². The van der Waals surface area contributed by atoms with Crippen LogP contribution in [0.4, 0.5) is 5.69 Å². The van der Waals surface area contributed by atoms with Crippen LogP contribution in [0.3, 0.4) is 0 Å². The van der Waals surface area contributed by atoms with E-state index in [0.717, 1.165) is 27.9 Å². The van der Waals surface area contributed by atoms with Gasteiger partial charge in [0.2, 0.25) is 0 Å². The number of nitrogens with zero attached hydrogens (tertiary/aromatic N) is 2. The second kappa shape index (κ2) is 6.52. The fourth-order valence-electron chi connectivity index (χ4n) is 3.39. The van der Waals surface area contributed by atoms with Gasteiger partial charge in [-0.1, -0.05) is 18.2 Å². The molecule has 3 aromatic rings. The van der Waals surface area contributed by atoms with Crippen molar-refractivity contribution >= 4 is 16.6 Å². The third-order valence-electron chi connectivity index (χ3n) is 4.78. The molecule has 1 saturated heterocycles. The first-order chi connectivity index (χ1) is 11.8. The molecule has 4 rings (SSSR count). The normalized spacial score (nSPS) is 14.8. The summed E-state index contributed by atoms with van der Waals surface area (Å²) in [6.45, 7) is 2.35. The van der Waals surface area contributed by atoms with E-state index in [9.17, 15) is 0 Å². The predicted octanol–water partition coefficient (Wildman–Crippen LogP) is 4.90. The van der Waals surface area contributed by atoms with Crippen LogP contribution in [-0.4, -0.2) is 25.2 Å². The van der Waals surface area contributed by atoms with E-state index in [0.29, 0.717) is 0 Å². The highest BCUT2D eigenvalue weighted by Crippen LogP contribution is 2.26. The fourth-order valence-corrected chi connectivity index (χ4v) is 3.39. The van der Waals surface area contributed by atoms with Crippen LogP contribution < -0.4 is 9.64 Å². The standard InChI is InChI=1S/C21H22N2O/c1-24-19-10-12-21-17(15-19)7-11-20(22-21)16-5-8-18(9-6-16)23-13-3-2-4-14-23/h5-12,15H,2-4,13-14H2,1H3. The molecule has 0 bridgehead atoms. The van der Waals surface area contributed by atoms with Gasteiger partial charge in [-0.15, -0.1) is 0 Å². The molecule has 2 aromatic carbocycles. The quantitative estimate of drug-likeness (QED) is 0.687. The van der Waals surface area contributed by atoms with Gasteiger partial charge in [-0.2, -0.15) is 0 Å². The number of aromatic nitrogens is 1. The highest BCUT2D eigenvalue weighted by Gasteiger charge is 2.11. The third-order valence-corrected chi connectivity index (χ3v) is 4.78. The number of hydrogen-bond donors (Lipinski definition) is 0. The molecule has 3 heteroatoms. The Kier molecular flexibility index (Phi) is 4.08. The molecule has 0 unspecified atom stereocenters. The molecular formula is C21H22N2O. The van der Waals surface area contributed by atoms with Gasteiger partial charge in [0.05, 0.1) is 18.3 Å². The summed E-state index contributed by atoms with van der Waals surface area (Å²) >= 11 is 0. The Bertz CT molecular complexity index is 836. The van der Waals surface area contributed by atoms with E-state index in [1.165, 1.54) is 38.0 Å². The number of benzene rings is 2. The molecule has 122 valence electrons. The molecular weight excluding hydrogens is 296 g/mol. The summed E-state index contributed by atoms with van der Waals surface area (Å²) in [5, 5.41) is 1.10. The van der Waals surface area contributed by atoms with E-state index in [1.807, 2.05) is 18.2 Å². The van der Waals surface area contributed by atoms with Crippen LogP contribution >= 0.6 is 0 Å². The summed E-state index contributed by atoms with van der Waals surface area (Å²) in [5.41, 5.74) is 4.49. The lowest BCUT2D eigenvalue weighted by molar-refractivity contribution is 0.415. The first-order valence-electron chi connectivity index (χ1n) is 8.64. The Morgan fingerprint density at radius 3 is 2.42 bits per heavy atom. The lowest BCUT2D eigenvalue weighted by atomic mass is 10.1. The predicted molar refractivity (Wildman–Crippen MR) is 99.8 cm³/mol. The Morgan fingerprint density at radius 1 is 0.875 bits per heavy atom. The summed E-state index contributed by atoms with van der Waals surface area (Å²) < 4.78 is 5.28. The summed E-state index contributed by atoms with van der Waals surface area (Å²) in [6.07, 6.45) is 3.97. The first-order valence-corrected chi connectivity index (χ1v) is 8.64. The summed E-state index contributed by atoms with van der Waals surface area (Å²) in [5.74, 6) is 0.864. The SMILES string of the molecule is COc1ccc2nc(-c3ccc(N4CCCCC4)cc3)ccc2c1. The van der Waals surface area contributed by atoms with E-state index in [2.05, 4.69) is 41.3 Å². The largest absolute Gasteiger partial charge is 0.497 e. The molecule has 0 N–H and O–H groups in total. The van der Waals surface area contributed by atoms with Crippen molar-refractivity contribution in [2.45, 2.75) is 19.3 Å². The van der Waals surface area contributed by atoms with Gasteiger partial charge in [0.1, 0.15) is 5.75 Å². The number of anilines is 1. The van der Waals surface area contributed by atoms with Crippen LogP contribution in [0.15, 0.2) is 54.6 Å². The van der Waals surface area contributed by atoms with Gasteiger partial charge in [0.15, 0.2) is 0 Å². The van der Waals surface area contributed by atoms with E-state index >= 15 is 0 Å². The van der Waals surface area contributed by atoms with Crippen molar-refractivity contribution < 1.29 is 4.74 Å². The number of hydrogen-bond acceptors (Lipinski definition) is 3. The molecule has 0 amide bonds. The number of piperidine rings is 1. The fraction of sp³-hybridized carbons (Fsp3) is 0.286. The molecule has 1 aromatic heterocycles. The highest BCUT2D eigenvalue weighted by atomic mass is 16.5. The summed E-state index contributed by atoms with van der Waals surface area (Å²) in [4.78, 5) is 7.27. The zero-order valence-corrected chi connectivity index (χ0v) is 14.0. The van der Waals surface area contributed by atoms with Gasteiger partial charge in [0.25, 0.3) is 0 Å². The minimum absolute atomic E-state index is 0.864. The molecule has 3 nitrogen and oxygen atoms in total. The number of pyridine rings is 1. The zero-order chi connectivity index (χ0) is 16.4. The number of fused-ring (bicyclic) bond motifs is 1. The van der Waals surface area contributed by atoms with Crippen LogP contribution in [0.25, 0.3) is 22.2 Å². The van der Waals surface area contributed by atoms with E-state index < -0.39 is 0 Å². The minimum atomic E-state index is 0.864. The smallest absolute Gasteiger partial charge is 0.119 e. The third kappa shape index (κ3) is 2.94. The first kappa shape index (κ1) is 15.0. The number of rotatable bonds is 3. The van der Waals surface area contributed by atoms with E-state index in [1.54, 1.807) is 7.11 Å². The Balaban J connectivity index is 1.62. The van der Waals surface area contributed by atoms with Gasteiger partial charge in [-0.3, -0.25) is 0 Å². The minimum Gasteiger partial charge on any atom is -0.497 e. The van der Waals surface area contributed by atoms with E-state index in [-0.39, 0.29) is 0 Å². The van der Waals surface area contributed by atoms with Gasteiger partial charge >= 0.3 is 0 Å². The second-order valence-electron chi connectivity index (χ2n) is 6.35. The summed E-state index contributed by atoms with van der Waals surface area (Å²) in [7, 11) is 1.69. The van der Waals surface area contributed by atoms with Crippen molar-refractivity contribution in [2.24, 2.45) is 0 Å². The highest BCUT2D eigenvalue weighted by molar-refractivity contribution is 5.83. The molecule has 1 aliphatic heterocycles. The lowest BCUT2D eigenvalue weighted by Crippen LogP contribution is -2.29. The van der Waals surface area contributed by atoms with Crippen molar-refractivity contribution in [1.82, 2.24) is 4.98 Å². The lowest BCUT2D eigenvalue weighted by Gasteiger charge is -2.28. The maximum atomic E-state index is 5.28. The summed E-state index contributed by atoms with van der Waals surface area (Å²) in [6, 6.07) is 19.0. The number of ether oxygens (including phenoxy) is 1. The Morgan fingerprint density at radius 2 is 1.67 bits per heavy atom. The molecule has 2 heterocycles. The second-order valence-corrected chi connectivity index (χ2v) is 6.35. The maximum Gasteiger partial charge on any atom is 0.119 e. The molecule has 24 heavy (non-hydrogen) atoms. The monoisotopic (exact) mass is 318 g/mol. The molecule has 1 fully saturated rings. The average Bonchev–Trinajstić information content (AvgIpc) is 2.68. The van der Waals surface area contributed by atoms with Crippen molar-refractivity contribution in [1.29, 1.82) is 0 Å². The number of methoxy groups -OCH3 is 1. The molecule has 0 radical (unpaired) electrons. The van der Waals surface area contributed by atoms with Crippen LogP contribution in [0.2, 0.25) is 0 Å². The molecule has 0 spiro atoms. The molecule has 0 aliphatic carbocycles. The molecule has 0 saturated carbocycles. The zero-order valence-electron chi connectivity index (χ0n) is 14.0. The van der Waals surface area contributed by atoms with Crippen LogP contribution in [0.1, 0.15) is 19.3 Å². The average molecular weight is 318 g/mol. The van der Waals surface area contributed by atoms with Gasteiger partial charge in [-0.05, 0) is 55.7 Å². The van der Waals surface area contributed by atoms with Gasteiger partial charge in [-0.25, -0.2) is 4.98 Å². The van der Waals surface area contributed by atoms with Crippen molar-refractivity contribution in [2.75, 3.05) is 25.1 Å². The molecule has 1 aliphatic rings. The topological polar surface area (TPSA) is 25.4 Å². The van der Waals surface area contributed by atoms with Gasteiger partial charge < -0.3 is 9.64 Å². The van der Waals surface area contributed by atoms with Crippen molar-refractivity contribution in [3.8, 4) is 17.0 Å². The van der Waals surface area contributed by atoms with Gasteiger partial charge in [0, 0.05) is 29.7 Å². The maximum absolute atomic E-state index is 5.28. The van der Waals surface area contributed by atoms with Crippen molar-refractivity contribution in [3.63, 3.8) is 0 Å². The van der Waals surface area contributed by atoms with Crippen LogP contribution in [0.5, 0.6) is 5.75 Å². The van der Waals surface area contributed by atoms with Crippen LogP contribution in [0, 0.1) is 0 Å².